The molecule has 1 aliphatic rings. The molecule has 2 atom stereocenters. The standard InChI is InChI=1S/C11H23NO2/c1-9(2)10(3,12)11(13)5-4-7-14-8-6-11/h9,13H,4-8,12H2,1-3H3. The first-order valence-electron chi connectivity index (χ1n) is 5.49. The van der Waals surface area contributed by atoms with Crippen molar-refractivity contribution in [2.24, 2.45) is 11.7 Å². The summed E-state index contributed by atoms with van der Waals surface area (Å²) in [4.78, 5) is 0. The van der Waals surface area contributed by atoms with E-state index in [0.717, 1.165) is 19.4 Å². The Labute approximate surface area is 86.6 Å². The molecular formula is C11H23NO2. The van der Waals surface area contributed by atoms with Gasteiger partial charge in [0.15, 0.2) is 0 Å². The largest absolute Gasteiger partial charge is 0.388 e. The lowest BCUT2D eigenvalue weighted by Gasteiger charge is -2.44. The van der Waals surface area contributed by atoms with Gasteiger partial charge in [0.1, 0.15) is 0 Å². The Hall–Kier alpha value is -0.120. The van der Waals surface area contributed by atoms with Gasteiger partial charge in [-0.2, -0.15) is 0 Å². The van der Waals surface area contributed by atoms with Crippen LogP contribution < -0.4 is 5.73 Å². The Morgan fingerprint density at radius 1 is 1.36 bits per heavy atom. The fourth-order valence-corrected chi connectivity index (χ4v) is 2.01. The summed E-state index contributed by atoms with van der Waals surface area (Å²) in [5.74, 6) is 0.269. The SMILES string of the molecule is CC(C)C(C)(N)C1(O)CCCOCC1. The van der Waals surface area contributed by atoms with Gasteiger partial charge in [-0.25, -0.2) is 0 Å². The summed E-state index contributed by atoms with van der Waals surface area (Å²) in [5, 5.41) is 10.5. The van der Waals surface area contributed by atoms with Crippen molar-refractivity contribution in [1.82, 2.24) is 0 Å². The normalized spacial score (nSPS) is 33.9. The Morgan fingerprint density at radius 2 is 2.00 bits per heavy atom. The van der Waals surface area contributed by atoms with Crippen LogP contribution in [0.15, 0.2) is 0 Å². The van der Waals surface area contributed by atoms with Crippen molar-refractivity contribution in [2.45, 2.75) is 51.2 Å². The maximum atomic E-state index is 10.5. The summed E-state index contributed by atoms with van der Waals surface area (Å²) in [7, 11) is 0. The van der Waals surface area contributed by atoms with E-state index in [4.69, 9.17) is 10.5 Å². The van der Waals surface area contributed by atoms with Gasteiger partial charge in [-0.1, -0.05) is 13.8 Å². The van der Waals surface area contributed by atoms with Gasteiger partial charge in [-0.15, -0.1) is 0 Å². The molecule has 3 heteroatoms. The highest BCUT2D eigenvalue weighted by Crippen LogP contribution is 2.35. The van der Waals surface area contributed by atoms with Gasteiger partial charge in [0.25, 0.3) is 0 Å². The second kappa shape index (κ2) is 4.17. The number of rotatable bonds is 2. The minimum absolute atomic E-state index is 0.269. The molecule has 0 bridgehead atoms. The van der Waals surface area contributed by atoms with E-state index in [1.807, 2.05) is 6.92 Å². The molecular weight excluding hydrogens is 178 g/mol. The molecule has 1 saturated heterocycles. The van der Waals surface area contributed by atoms with Crippen molar-refractivity contribution in [3.8, 4) is 0 Å². The molecule has 1 fully saturated rings. The monoisotopic (exact) mass is 201 g/mol. The van der Waals surface area contributed by atoms with Crippen LogP contribution in [0.3, 0.4) is 0 Å². The lowest BCUT2D eigenvalue weighted by molar-refractivity contribution is -0.0619. The van der Waals surface area contributed by atoms with Crippen LogP contribution in [-0.2, 0) is 4.74 Å². The molecule has 0 aromatic heterocycles. The van der Waals surface area contributed by atoms with E-state index in [1.54, 1.807) is 0 Å². The number of hydrogen-bond donors (Lipinski definition) is 2. The van der Waals surface area contributed by atoms with Crippen LogP contribution in [-0.4, -0.2) is 29.5 Å². The molecule has 1 aliphatic heterocycles. The molecule has 84 valence electrons. The highest BCUT2D eigenvalue weighted by molar-refractivity contribution is 5.02. The van der Waals surface area contributed by atoms with Gasteiger partial charge in [0.2, 0.25) is 0 Å². The first kappa shape index (κ1) is 12.0. The topological polar surface area (TPSA) is 55.5 Å². The van der Waals surface area contributed by atoms with Crippen molar-refractivity contribution in [2.75, 3.05) is 13.2 Å². The molecule has 2 unspecified atom stereocenters. The predicted octanol–water partition coefficient (Wildman–Crippen LogP) is 1.29. The third-order valence-corrected chi connectivity index (χ3v) is 3.74. The maximum absolute atomic E-state index is 10.5. The van der Waals surface area contributed by atoms with Crippen LogP contribution in [0.2, 0.25) is 0 Å². The summed E-state index contributed by atoms with van der Waals surface area (Å²) in [6.45, 7) is 7.43. The van der Waals surface area contributed by atoms with Gasteiger partial charge in [-0.3, -0.25) is 0 Å². The zero-order chi connectivity index (χ0) is 10.8. The fraction of sp³-hybridized carbons (Fsp3) is 1.00. The van der Waals surface area contributed by atoms with E-state index < -0.39 is 11.1 Å². The molecule has 0 saturated carbocycles. The van der Waals surface area contributed by atoms with E-state index in [-0.39, 0.29) is 5.92 Å². The molecule has 1 heterocycles. The minimum Gasteiger partial charge on any atom is -0.388 e. The van der Waals surface area contributed by atoms with Crippen LogP contribution in [0.4, 0.5) is 0 Å². The summed E-state index contributed by atoms with van der Waals surface area (Å²) >= 11 is 0. The molecule has 0 spiro atoms. The lowest BCUT2D eigenvalue weighted by Crippen LogP contribution is -2.61. The number of hydrogen-bond acceptors (Lipinski definition) is 3. The van der Waals surface area contributed by atoms with E-state index in [9.17, 15) is 5.11 Å². The molecule has 0 aliphatic carbocycles. The van der Waals surface area contributed by atoms with Crippen LogP contribution >= 0.6 is 0 Å². The quantitative estimate of drug-likeness (QED) is 0.708. The van der Waals surface area contributed by atoms with E-state index in [1.165, 1.54) is 0 Å². The van der Waals surface area contributed by atoms with Crippen molar-refractivity contribution in [1.29, 1.82) is 0 Å². The number of ether oxygens (including phenoxy) is 1. The number of aliphatic hydroxyl groups is 1. The zero-order valence-corrected chi connectivity index (χ0v) is 9.55. The minimum atomic E-state index is -0.766. The van der Waals surface area contributed by atoms with Gasteiger partial charge in [-0.05, 0) is 25.7 Å². The third kappa shape index (κ3) is 2.10. The van der Waals surface area contributed by atoms with Gasteiger partial charge < -0.3 is 15.6 Å². The summed E-state index contributed by atoms with van der Waals surface area (Å²) in [6.07, 6.45) is 2.30. The van der Waals surface area contributed by atoms with Crippen molar-refractivity contribution in [3.05, 3.63) is 0 Å². The van der Waals surface area contributed by atoms with Gasteiger partial charge in [0.05, 0.1) is 5.60 Å². The van der Waals surface area contributed by atoms with Crippen molar-refractivity contribution < 1.29 is 9.84 Å². The molecule has 0 aromatic rings. The predicted molar refractivity (Wildman–Crippen MR) is 57.1 cm³/mol. The van der Waals surface area contributed by atoms with Gasteiger partial charge >= 0.3 is 0 Å². The fourth-order valence-electron chi connectivity index (χ4n) is 2.01. The first-order chi connectivity index (χ1) is 6.40. The Morgan fingerprint density at radius 3 is 2.57 bits per heavy atom. The second-order valence-corrected chi connectivity index (χ2v) is 4.93. The van der Waals surface area contributed by atoms with Crippen LogP contribution in [0.5, 0.6) is 0 Å². The summed E-state index contributed by atoms with van der Waals surface area (Å²) in [5.41, 5.74) is 4.94. The molecule has 1 rings (SSSR count). The molecule has 0 radical (unpaired) electrons. The van der Waals surface area contributed by atoms with Crippen molar-refractivity contribution in [3.63, 3.8) is 0 Å². The van der Waals surface area contributed by atoms with E-state index in [2.05, 4.69) is 13.8 Å². The Kier molecular flexibility index (Phi) is 3.56. The molecule has 0 amide bonds. The Balaban J connectivity index is 2.79. The average molecular weight is 201 g/mol. The van der Waals surface area contributed by atoms with Crippen LogP contribution in [0.1, 0.15) is 40.0 Å². The van der Waals surface area contributed by atoms with E-state index >= 15 is 0 Å². The van der Waals surface area contributed by atoms with E-state index in [0.29, 0.717) is 13.0 Å². The average Bonchev–Trinajstić information content (AvgIpc) is 2.30. The maximum Gasteiger partial charge on any atom is 0.0848 e. The Bertz CT molecular complexity index is 182. The highest BCUT2D eigenvalue weighted by atomic mass is 16.5. The molecule has 3 nitrogen and oxygen atoms in total. The first-order valence-corrected chi connectivity index (χ1v) is 5.49. The smallest absolute Gasteiger partial charge is 0.0848 e. The summed E-state index contributed by atoms with van der Waals surface area (Å²) < 4.78 is 5.35. The highest BCUT2D eigenvalue weighted by Gasteiger charge is 2.45. The molecule has 14 heavy (non-hydrogen) atoms. The zero-order valence-electron chi connectivity index (χ0n) is 9.55. The van der Waals surface area contributed by atoms with Crippen molar-refractivity contribution >= 4 is 0 Å². The van der Waals surface area contributed by atoms with Crippen LogP contribution in [0, 0.1) is 5.92 Å². The number of nitrogens with two attached hydrogens (primary N) is 1. The molecule has 3 N–H and O–H groups in total. The summed E-state index contributed by atoms with van der Waals surface area (Å²) in [6, 6.07) is 0. The lowest BCUT2D eigenvalue weighted by atomic mass is 9.70. The second-order valence-electron chi connectivity index (χ2n) is 4.93. The third-order valence-electron chi connectivity index (χ3n) is 3.74. The van der Waals surface area contributed by atoms with Gasteiger partial charge in [0, 0.05) is 25.2 Å². The molecule has 0 aromatic carbocycles. The van der Waals surface area contributed by atoms with Crippen LogP contribution in [0.25, 0.3) is 0 Å².